The molecule has 1 heterocycles. The Kier molecular flexibility index (Phi) is 6.63. The summed E-state index contributed by atoms with van der Waals surface area (Å²) in [6.45, 7) is 7.43. The molecule has 0 bridgehead atoms. The maximum absolute atomic E-state index is 12.9. The van der Waals surface area contributed by atoms with Gasteiger partial charge in [0.25, 0.3) is 0 Å². The summed E-state index contributed by atoms with van der Waals surface area (Å²) >= 11 is 0. The molecule has 0 aliphatic heterocycles. The van der Waals surface area contributed by atoms with Crippen LogP contribution in [0.4, 0.5) is 0 Å². The van der Waals surface area contributed by atoms with E-state index in [1.807, 2.05) is 31.9 Å². The summed E-state index contributed by atoms with van der Waals surface area (Å²) < 4.78 is 29.3. The SMILES string of the molecule is CCCn1c(CCC(=O)N(C)C2CC2)nc2cc(S(=O)(=O)N(CC)CC)ccc21. The number of amides is 1. The molecule has 8 heteroatoms. The molecule has 0 unspecified atom stereocenters. The van der Waals surface area contributed by atoms with Gasteiger partial charge >= 0.3 is 0 Å². The monoisotopic (exact) mass is 420 g/mol. The van der Waals surface area contributed by atoms with Crippen LogP contribution in [0.3, 0.4) is 0 Å². The number of hydrogen-bond acceptors (Lipinski definition) is 4. The van der Waals surface area contributed by atoms with Crippen LogP contribution in [0.15, 0.2) is 23.1 Å². The fourth-order valence-corrected chi connectivity index (χ4v) is 5.24. The van der Waals surface area contributed by atoms with Crippen LogP contribution in [0.2, 0.25) is 0 Å². The van der Waals surface area contributed by atoms with Gasteiger partial charge in [0, 0.05) is 45.6 Å². The highest BCUT2D eigenvalue weighted by atomic mass is 32.2. The Bertz CT molecular complexity index is 975. The van der Waals surface area contributed by atoms with Crippen molar-refractivity contribution >= 4 is 27.0 Å². The van der Waals surface area contributed by atoms with Crippen molar-refractivity contribution in [2.45, 2.75) is 70.4 Å². The first-order chi connectivity index (χ1) is 13.8. The van der Waals surface area contributed by atoms with Gasteiger partial charge in [0.2, 0.25) is 15.9 Å². The van der Waals surface area contributed by atoms with Gasteiger partial charge in [0.05, 0.1) is 15.9 Å². The second-order valence-corrected chi connectivity index (χ2v) is 9.59. The molecule has 29 heavy (non-hydrogen) atoms. The third kappa shape index (κ3) is 4.48. The lowest BCUT2D eigenvalue weighted by atomic mass is 10.2. The third-order valence-electron chi connectivity index (χ3n) is 5.64. The predicted octanol–water partition coefficient (Wildman–Crippen LogP) is 3.03. The second-order valence-electron chi connectivity index (χ2n) is 7.66. The Morgan fingerprint density at radius 3 is 2.48 bits per heavy atom. The molecule has 0 N–H and O–H groups in total. The Morgan fingerprint density at radius 1 is 1.21 bits per heavy atom. The third-order valence-corrected chi connectivity index (χ3v) is 7.69. The van der Waals surface area contributed by atoms with Crippen LogP contribution in [0.25, 0.3) is 11.0 Å². The summed E-state index contributed by atoms with van der Waals surface area (Å²) in [5, 5.41) is 0. The number of aryl methyl sites for hydroxylation is 2. The smallest absolute Gasteiger partial charge is 0.243 e. The van der Waals surface area contributed by atoms with Crippen molar-refractivity contribution in [1.82, 2.24) is 18.8 Å². The number of rotatable bonds is 10. The highest BCUT2D eigenvalue weighted by Gasteiger charge is 2.29. The number of hydrogen-bond donors (Lipinski definition) is 0. The average molecular weight is 421 g/mol. The zero-order chi connectivity index (χ0) is 21.2. The first kappa shape index (κ1) is 21.8. The maximum Gasteiger partial charge on any atom is 0.243 e. The molecule has 1 aliphatic carbocycles. The van der Waals surface area contributed by atoms with Gasteiger partial charge in [-0.15, -0.1) is 0 Å². The summed E-state index contributed by atoms with van der Waals surface area (Å²) in [7, 11) is -1.65. The van der Waals surface area contributed by atoms with Crippen molar-refractivity contribution in [2.24, 2.45) is 0 Å². The van der Waals surface area contributed by atoms with Crippen LogP contribution >= 0.6 is 0 Å². The molecule has 1 amide bonds. The quantitative estimate of drug-likeness (QED) is 0.592. The number of fused-ring (bicyclic) bond motifs is 1. The molecular weight excluding hydrogens is 388 g/mol. The Morgan fingerprint density at radius 2 is 1.90 bits per heavy atom. The van der Waals surface area contributed by atoms with Crippen molar-refractivity contribution in [2.75, 3.05) is 20.1 Å². The van der Waals surface area contributed by atoms with Crippen molar-refractivity contribution in [1.29, 1.82) is 0 Å². The fourth-order valence-electron chi connectivity index (χ4n) is 3.76. The molecule has 0 saturated heterocycles. The van der Waals surface area contributed by atoms with Crippen LogP contribution in [-0.2, 0) is 27.8 Å². The van der Waals surface area contributed by atoms with E-state index in [4.69, 9.17) is 4.98 Å². The molecule has 0 atom stereocenters. The minimum atomic E-state index is -3.52. The molecule has 1 aromatic heterocycles. The summed E-state index contributed by atoms with van der Waals surface area (Å²) in [5.41, 5.74) is 1.59. The zero-order valence-corrected chi connectivity index (χ0v) is 18.7. The molecule has 1 saturated carbocycles. The summed E-state index contributed by atoms with van der Waals surface area (Å²) in [4.78, 5) is 19.2. The molecule has 1 aromatic carbocycles. The topological polar surface area (TPSA) is 75.5 Å². The van der Waals surface area contributed by atoms with Crippen LogP contribution in [-0.4, -0.2) is 59.3 Å². The van der Waals surface area contributed by atoms with Gasteiger partial charge in [-0.05, 0) is 37.5 Å². The number of sulfonamides is 1. The summed E-state index contributed by atoms with van der Waals surface area (Å²) in [5.74, 6) is 0.990. The van der Waals surface area contributed by atoms with E-state index in [2.05, 4.69) is 11.5 Å². The highest BCUT2D eigenvalue weighted by Crippen LogP contribution is 2.27. The first-order valence-electron chi connectivity index (χ1n) is 10.6. The standard InChI is InChI=1S/C21H32N4O3S/c1-5-14-25-19-11-10-17(29(27,28)24(6-2)7-3)15-18(19)22-20(25)12-13-21(26)23(4)16-8-9-16/h10-11,15-16H,5-9,12-14H2,1-4H3. The van der Waals surface area contributed by atoms with Crippen molar-refractivity contribution in [3.8, 4) is 0 Å². The van der Waals surface area contributed by atoms with E-state index < -0.39 is 10.0 Å². The minimum absolute atomic E-state index is 0.146. The number of benzene rings is 1. The normalized spacial score (nSPS) is 14.7. The van der Waals surface area contributed by atoms with Crippen LogP contribution in [0.5, 0.6) is 0 Å². The van der Waals surface area contributed by atoms with Gasteiger partial charge in [-0.3, -0.25) is 4.79 Å². The molecule has 160 valence electrons. The second kappa shape index (κ2) is 8.83. The number of imidazole rings is 1. The lowest BCUT2D eigenvalue weighted by Gasteiger charge is -2.18. The van der Waals surface area contributed by atoms with E-state index in [1.54, 1.807) is 12.1 Å². The summed E-state index contributed by atoms with van der Waals surface area (Å²) in [6.07, 6.45) is 4.11. The van der Waals surface area contributed by atoms with E-state index in [1.165, 1.54) is 4.31 Å². The van der Waals surface area contributed by atoms with Gasteiger partial charge in [0.1, 0.15) is 5.82 Å². The number of carbonyl (C=O) groups is 1. The van der Waals surface area contributed by atoms with Gasteiger partial charge in [-0.25, -0.2) is 13.4 Å². The van der Waals surface area contributed by atoms with Crippen molar-refractivity contribution in [3.05, 3.63) is 24.0 Å². The fraction of sp³-hybridized carbons (Fsp3) is 0.619. The first-order valence-corrected chi connectivity index (χ1v) is 12.0. The molecule has 0 spiro atoms. The molecule has 1 aliphatic rings. The minimum Gasteiger partial charge on any atom is -0.343 e. The van der Waals surface area contributed by atoms with Crippen LogP contribution < -0.4 is 0 Å². The summed E-state index contributed by atoms with van der Waals surface area (Å²) in [6, 6.07) is 5.58. The maximum atomic E-state index is 12.9. The zero-order valence-electron chi connectivity index (χ0n) is 17.9. The van der Waals surface area contributed by atoms with Crippen molar-refractivity contribution in [3.63, 3.8) is 0 Å². The lowest BCUT2D eigenvalue weighted by molar-refractivity contribution is -0.130. The van der Waals surface area contributed by atoms with E-state index in [0.717, 1.165) is 37.1 Å². The van der Waals surface area contributed by atoms with Crippen LogP contribution in [0, 0.1) is 0 Å². The van der Waals surface area contributed by atoms with E-state index in [9.17, 15) is 13.2 Å². The van der Waals surface area contributed by atoms with E-state index in [-0.39, 0.29) is 10.8 Å². The van der Waals surface area contributed by atoms with E-state index >= 15 is 0 Å². The lowest BCUT2D eigenvalue weighted by Crippen LogP contribution is -2.30. The van der Waals surface area contributed by atoms with Gasteiger partial charge in [-0.1, -0.05) is 20.8 Å². The Hall–Kier alpha value is -1.93. The predicted molar refractivity (Wildman–Crippen MR) is 114 cm³/mol. The molecule has 0 radical (unpaired) electrons. The highest BCUT2D eigenvalue weighted by molar-refractivity contribution is 7.89. The molecule has 7 nitrogen and oxygen atoms in total. The Labute approximate surface area is 173 Å². The number of carbonyl (C=O) groups excluding carboxylic acids is 1. The molecular formula is C21H32N4O3S. The van der Waals surface area contributed by atoms with Crippen LogP contribution in [0.1, 0.15) is 52.3 Å². The number of nitrogens with zero attached hydrogens (tertiary/aromatic N) is 4. The average Bonchev–Trinajstić information content (AvgIpc) is 3.49. The Balaban J connectivity index is 1.90. The number of aromatic nitrogens is 2. The molecule has 1 fully saturated rings. The largest absolute Gasteiger partial charge is 0.343 e. The van der Waals surface area contributed by atoms with Crippen molar-refractivity contribution < 1.29 is 13.2 Å². The van der Waals surface area contributed by atoms with Gasteiger partial charge in [-0.2, -0.15) is 4.31 Å². The molecule has 2 aromatic rings. The van der Waals surface area contributed by atoms with Gasteiger partial charge < -0.3 is 9.47 Å². The van der Waals surface area contributed by atoms with Gasteiger partial charge in [0.15, 0.2) is 0 Å². The molecule has 3 rings (SSSR count). The van der Waals surface area contributed by atoms with E-state index in [0.29, 0.717) is 37.5 Å².